The van der Waals surface area contributed by atoms with Crippen molar-refractivity contribution in [3.8, 4) is 0 Å². The second kappa shape index (κ2) is 6.99. The summed E-state index contributed by atoms with van der Waals surface area (Å²) in [5.41, 5.74) is 1.67. The number of hydrogen-bond acceptors (Lipinski definition) is 3. The second-order valence-electron chi connectivity index (χ2n) is 5.64. The molecule has 7 nitrogen and oxygen atoms in total. The first-order chi connectivity index (χ1) is 11.6. The van der Waals surface area contributed by atoms with E-state index in [9.17, 15) is 22.8 Å². The van der Waals surface area contributed by atoms with Crippen LogP contribution < -0.4 is 16.3 Å². The predicted octanol–water partition coefficient (Wildman–Crippen LogP) is 2.04. The molecule has 10 heteroatoms. The largest absolute Gasteiger partial charge is 0.451 e. The summed E-state index contributed by atoms with van der Waals surface area (Å²) in [6.45, 7) is 3.55. The Labute approximate surface area is 141 Å². The minimum atomic E-state index is -4.72. The maximum atomic E-state index is 12.7. The van der Waals surface area contributed by atoms with Crippen molar-refractivity contribution in [3.05, 3.63) is 45.6 Å². The quantitative estimate of drug-likeness (QED) is 0.879. The van der Waals surface area contributed by atoms with Crippen LogP contribution >= 0.6 is 0 Å². The summed E-state index contributed by atoms with van der Waals surface area (Å²) in [7, 11) is 0.995. The molecule has 2 amide bonds. The number of carbonyl (C=O) groups excluding carboxylic acids is 1. The topological polar surface area (TPSA) is 81.0 Å². The van der Waals surface area contributed by atoms with Gasteiger partial charge < -0.3 is 10.6 Å². The van der Waals surface area contributed by atoms with Crippen molar-refractivity contribution < 1.29 is 18.0 Å². The third-order valence-corrected chi connectivity index (χ3v) is 3.38. The summed E-state index contributed by atoms with van der Waals surface area (Å²) in [6.07, 6.45) is -4.72. The number of urea groups is 1. The van der Waals surface area contributed by atoms with Crippen LogP contribution in [-0.4, -0.2) is 26.9 Å². The van der Waals surface area contributed by atoms with Crippen molar-refractivity contribution >= 4 is 11.7 Å². The lowest BCUT2D eigenvalue weighted by Gasteiger charge is -2.09. The van der Waals surface area contributed by atoms with Gasteiger partial charge in [0.25, 0.3) is 0 Å². The van der Waals surface area contributed by atoms with E-state index in [0.717, 1.165) is 18.2 Å². The molecule has 0 fully saturated rings. The van der Waals surface area contributed by atoms with Gasteiger partial charge in [0, 0.05) is 19.3 Å². The first-order valence-electron chi connectivity index (χ1n) is 7.42. The van der Waals surface area contributed by atoms with Crippen LogP contribution in [0.4, 0.5) is 23.7 Å². The first kappa shape index (κ1) is 18.6. The number of alkyl halides is 3. The molecule has 136 valence electrons. The van der Waals surface area contributed by atoms with Crippen LogP contribution in [-0.2, 0) is 19.8 Å². The summed E-state index contributed by atoms with van der Waals surface area (Å²) in [5, 5.41) is 8.35. The highest BCUT2D eigenvalue weighted by atomic mass is 19.4. The van der Waals surface area contributed by atoms with Crippen LogP contribution in [0.15, 0.2) is 23.0 Å². The van der Waals surface area contributed by atoms with E-state index in [4.69, 9.17) is 0 Å². The molecule has 1 heterocycles. The van der Waals surface area contributed by atoms with Crippen molar-refractivity contribution in [2.24, 2.45) is 7.05 Å². The predicted molar refractivity (Wildman–Crippen MR) is 85.4 cm³/mol. The first-order valence-corrected chi connectivity index (χ1v) is 7.42. The van der Waals surface area contributed by atoms with E-state index in [1.807, 2.05) is 19.9 Å². The van der Waals surface area contributed by atoms with Gasteiger partial charge in [-0.25, -0.2) is 14.3 Å². The lowest BCUT2D eigenvalue weighted by Crippen LogP contribution is -2.34. The number of hydrogen-bond donors (Lipinski definition) is 2. The molecule has 1 aromatic heterocycles. The van der Waals surface area contributed by atoms with Crippen LogP contribution in [0.5, 0.6) is 0 Å². The van der Waals surface area contributed by atoms with Gasteiger partial charge in [-0.05, 0) is 37.1 Å². The molecule has 25 heavy (non-hydrogen) atoms. The Morgan fingerprint density at radius 3 is 2.32 bits per heavy atom. The summed E-state index contributed by atoms with van der Waals surface area (Å²) >= 11 is 0. The number of halogens is 3. The molecule has 0 unspecified atom stereocenters. The van der Waals surface area contributed by atoms with Crippen molar-refractivity contribution in [2.45, 2.75) is 26.6 Å². The highest BCUT2D eigenvalue weighted by Crippen LogP contribution is 2.25. The monoisotopic (exact) mass is 357 g/mol. The number of anilines is 1. The van der Waals surface area contributed by atoms with E-state index in [1.165, 1.54) is 0 Å². The average molecular weight is 357 g/mol. The minimum absolute atomic E-state index is 0.0507. The number of nitrogens with one attached hydrogen (secondary N) is 2. The van der Waals surface area contributed by atoms with Gasteiger partial charge in [-0.1, -0.05) is 6.07 Å². The van der Waals surface area contributed by atoms with Crippen molar-refractivity contribution in [3.63, 3.8) is 0 Å². The number of rotatable bonds is 4. The minimum Gasteiger partial charge on any atom is -0.336 e. The fourth-order valence-corrected chi connectivity index (χ4v) is 2.38. The van der Waals surface area contributed by atoms with Crippen LogP contribution in [0.1, 0.15) is 17.0 Å². The van der Waals surface area contributed by atoms with Crippen LogP contribution in [0.3, 0.4) is 0 Å². The van der Waals surface area contributed by atoms with Gasteiger partial charge in [0.05, 0.1) is 6.54 Å². The zero-order valence-corrected chi connectivity index (χ0v) is 13.9. The smallest absolute Gasteiger partial charge is 0.336 e. The molecular formula is C15H18F3N5O2. The van der Waals surface area contributed by atoms with E-state index in [1.54, 1.807) is 12.1 Å². The van der Waals surface area contributed by atoms with Gasteiger partial charge >= 0.3 is 17.9 Å². The Bertz CT molecular complexity index is 818. The molecule has 0 bridgehead atoms. The third-order valence-electron chi connectivity index (χ3n) is 3.38. The van der Waals surface area contributed by atoms with Crippen molar-refractivity contribution in [1.82, 2.24) is 19.7 Å². The molecule has 2 aromatic rings. The van der Waals surface area contributed by atoms with Gasteiger partial charge in [-0.3, -0.25) is 4.57 Å². The number of benzene rings is 1. The summed E-state index contributed by atoms with van der Waals surface area (Å²) in [6, 6.07) is 5.00. The van der Waals surface area contributed by atoms with Gasteiger partial charge in [0.1, 0.15) is 0 Å². The molecule has 0 saturated heterocycles. The Hall–Kier alpha value is -2.78. The van der Waals surface area contributed by atoms with Crippen LogP contribution in [0, 0.1) is 13.8 Å². The fourth-order valence-electron chi connectivity index (χ4n) is 2.38. The molecule has 0 radical (unpaired) electrons. The maximum absolute atomic E-state index is 12.7. The standard InChI is InChI=1S/C15H18F3N5O2/c1-9-6-10(2)8-11(7-9)20-13(24)19-4-5-23-14(25)22(3)12(21-23)15(16,17)18/h6-8H,4-5H2,1-3H3,(H2,19,20,24). The molecule has 0 aliphatic carbocycles. The Morgan fingerprint density at radius 2 is 1.80 bits per heavy atom. The SMILES string of the molecule is Cc1cc(C)cc(NC(=O)NCCn2nc(C(F)(F)F)n(C)c2=O)c1. The van der Waals surface area contributed by atoms with Gasteiger partial charge in [-0.2, -0.15) is 13.2 Å². The number of nitrogens with zero attached hydrogens (tertiary/aromatic N) is 3. The van der Waals surface area contributed by atoms with Gasteiger partial charge in [0.2, 0.25) is 5.82 Å². The van der Waals surface area contributed by atoms with Crippen LogP contribution in [0.25, 0.3) is 0 Å². The molecule has 1 aromatic carbocycles. The van der Waals surface area contributed by atoms with Crippen molar-refractivity contribution in [1.29, 1.82) is 0 Å². The van der Waals surface area contributed by atoms with Crippen LogP contribution in [0.2, 0.25) is 0 Å². The number of carbonyl (C=O) groups is 1. The van der Waals surface area contributed by atoms with E-state index < -0.39 is 23.7 Å². The molecule has 0 aliphatic rings. The Morgan fingerprint density at radius 1 is 1.20 bits per heavy atom. The zero-order valence-electron chi connectivity index (χ0n) is 13.9. The molecule has 0 spiro atoms. The van der Waals surface area contributed by atoms with E-state index >= 15 is 0 Å². The molecule has 0 saturated carbocycles. The highest BCUT2D eigenvalue weighted by molar-refractivity contribution is 5.89. The lowest BCUT2D eigenvalue weighted by molar-refractivity contribution is -0.147. The molecule has 0 aliphatic heterocycles. The molecule has 0 atom stereocenters. The molecule has 2 rings (SSSR count). The lowest BCUT2D eigenvalue weighted by atomic mass is 10.1. The summed E-state index contributed by atoms with van der Waals surface area (Å²) in [5.74, 6) is -1.28. The van der Waals surface area contributed by atoms with Gasteiger partial charge in [0.15, 0.2) is 0 Å². The fraction of sp³-hybridized carbons (Fsp3) is 0.400. The Balaban J connectivity index is 1.94. The van der Waals surface area contributed by atoms with E-state index in [2.05, 4.69) is 15.7 Å². The van der Waals surface area contributed by atoms with E-state index in [0.29, 0.717) is 14.9 Å². The number of aryl methyl sites for hydroxylation is 2. The normalized spacial score (nSPS) is 11.4. The van der Waals surface area contributed by atoms with E-state index in [-0.39, 0.29) is 13.1 Å². The highest BCUT2D eigenvalue weighted by Gasteiger charge is 2.37. The second-order valence-corrected chi connectivity index (χ2v) is 5.64. The zero-order chi connectivity index (χ0) is 18.8. The number of amides is 2. The molecular weight excluding hydrogens is 339 g/mol. The average Bonchev–Trinajstić information content (AvgIpc) is 2.74. The molecule has 2 N–H and O–H groups in total. The summed E-state index contributed by atoms with van der Waals surface area (Å²) < 4.78 is 39.1. The summed E-state index contributed by atoms with van der Waals surface area (Å²) in [4.78, 5) is 23.5. The maximum Gasteiger partial charge on any atom is 0.451 e. The third kappa shape index (κ3) is 4.61. The Kier molecular flexibility index (Phi) is 5.19. The number of aromatic nitrogens is 3. The van der Waals surface area contributed by atoms with Gasteiger partial charge in [-0.15, -0.1) is 5.10 Å². The van der Waals surface area contributed by atoms with Crippen molar-refractivity contribution in [2.75, 3.05) is 11.9 Å².